The van der Waals surface area contributed by atoms with E-state index in [9.17, 15) is 4.79 Å². The van der Waals surface area contributed by atoms with Crippen molar-refractivity contribution in [3.63, 3.8) is 0 Å². The van der Waals surface area contributed by atoms with Crippen LogP contribution in [0.25, 0.3) is 10.4 Å². The molecule has 0 aliphatic carbocycles. The number of halogens is 1. The second-order valence-corrected chi connectivity index (χ2v) is 3.26. The maximum atomic E-state index is 11.2. The number of rotatable bonds is 2. The van der Waals surface area contributed by atoms with E-state index in [1.165, 1.54) is 13.2 Å². The molecule has 1 aromatic rings. The maximum Gasteiger partial charge on any atom is 0.338 e. The van der Waals surface area contributed by atoms with Gasteiger partial charge in [0, 0.05) is 9.38 Å². The summed E-state index contributed by atoms with van der Waals surface area (Å²) in [6.45, 7) is 0. The molecular formula is C8H6BrN3O2. The Morgan fingerprint density at radius 3 is 2.93 bits per heavy atom. The molecule has 0 spiro atoms. The predicted molar refractivity (Wildman–Crippen MR) is 54.3 cm³/mol. The molecule has 1 rings (SSSR count). The molecule has 0 aliphatic heterocycles. The number of carbonyl (C=O) groups is 1. The minimum Gasteiger partial charge on any atom is -0.465 e. The normalized spacial score (nSPS) is 9.00. The van der Waals surface area contributed by atoms with Crippen LogP contribution in [0.1, 0.15) is 10.4 Å². The Balaban J connectivity index is 3.28. The van der Waals surface area contributed by atoms with E-state index in [1.807, 2.05) is 0 Å². The maximum absolute atomic E-state index is 11.2. The Hall–Kier alpha value is -1.52. The average Bonchev–Trinajstić information content (AvgIpc) is 2.17. The van der Waals surface area contributed by atoms with Crippen molar-refractivity contribution >= 4 is 27.6 Å². The van der Waals surface area contributed by atoms with E-state index in [-0.39, 0.29) is 11.3 Å². The molecule has 0 aromatic heterocycles. The molecule has 0 heterocycles. The molecule has 0 amide bonds. The summed E-state index contributed by atoms with van der Waals surface area (Å²) >= 11 is 3.20. The summed E-state index contributed by atoms with van der Waals surface area (Å²) in [5.74, 6) is -0.528. The smallest absolute Gasteiger partial charge is 0.338 e. The van der Waals surface area contributed by atoms with Crippen molar-refractivity contribution in [2.45, 2.75) is 0 Å². The highest BCUT2D eigenvalue weighted by molar-refractivity contribution is 9.10. The number of hydrogen-bond donors (Lipinski definition) is 0. The highest BCUT2D eigenvalue weighted by Crippen LogP contribution is 2.24. The first-order valence-electron chi connectivity index (χ1n) is 3.62. The number of ether oxygens (including phenoxy) is 1. The Morgan fingerprint density at radius 1 is 1.64 bits per heavy atom. The first-order chi connectivity index (χ1) is 6.69. The van der Waals surface area contributed by atoms with Gasteiger partial charge in [0.15, 0.2) is 0 Å². The Labute approximate surface area is 88.4 Å². The van der Waals surface area contributed by atoms with Crippen LogP contribution in [-0.4, -0.2) is 13.1 Å². The molecule has 14 heavy (non-hydrogen) atoms. The van der Waals surface area contributed by atoms with Gasteiger partial charge in [-0.3, -0.25) is 0 Å². The van der Waals surface area contributed by atoms with Gasteiger partial charge in [-0.05, 0) is 23.7 Å². The number of carbonyl (C=O) groups excluding carboxylic acids is 1. The largest absolute Gasteiger partial charge is 0.465 e. The second-order valence-electron chi connectivity index (χ2n) is 2.34. The lowest BCUT2D eigenvalue weighted by atomic mass is 10.2. The molecular weight excluding hydrogens is 250 g/mol. The summed E-state index contributed by atoms with van der Waals surface area (Å²) in [5, 5.41) is 3.39. The number of methoxy groups -OCH3 is 1. The second kappa shape index (κ2) is 4.64. The van der Waals surface area contributed by atoms with Crippen molar-refractivity contribution in [3.05, 3.63) is 38.7 Å². The Bertz CT molecular complexity index is 413. The lowest BCUT2D eigenvalue weighted by Gasteiger charge is -2.02. The molecule has 0 aliphatic rings. The van der Waals surface area contributed by atoms with Crippen LogP contribution < -0.4 is 0 Å². The zero-order valence-electron chi connectivity index (χ0n) is 7.27. The topological polar surface area (TPSA) is 75.1 Å². The van der Waals surface area contributed by atoms with E-state index < -0.39 is 5.97 Å². The summed E-state index contributed by atoms with van der Waals surface area (Å²) in [7, 11) is 1.27. The van der Waals surface area contributed by atoms with Crippen molar-refractivity contribution in [2.75, 3.05) is 7.11 Å². The molecule has 0 saturated heterocycles. The molecule has 5 nitrogen and oxygen atoms in total. The molecule has 72 valence electrons. The quantitative estimate of drug-likeness (QED) is 0.352. The van der Waals surface area contributed by atoms with Crippen LogP contribution in [-0.2, 0) is 4.74 Å². The van der Waals surface area contributed by atoms with Gasteiger partial charge >= 0.3 is 5.97 Å². The van der Waals surface area contributed by atoms with E-state index in [2.05, 4.69) is 30.7 Å². The van der Waals surface area contributed by atoms with Crippen LogP contribution in [0.15, 0.2) is 27.8 Å². The van der Waals surface area contributed by atoms with E-state index >= 15 is 0 Å². The van der Waals surface area contributed by atoms with E-state index in [0.717, 1.165) is 4.47 Å². The van der Waals surface area contributed by atoms with Crippen LogP contribution in [0, 0.1) is 0 Å². The minimum atomic E-state index is -0.528. The summed E-state index contributed by atoms with van der Waals surface area (Å²) in [4.78, 5) is 13.8. The summed E-state index contributed by atoms with van der Waals surface area (Å²) in [5.41, 5.74) is 8.77. The van der Waals surface area contributed by atoms with Crippen molar-refractivity contribution < 1.29 is 9.53 Å². The van der Waals surface area contributed by atoms with E-state index in [1.54, 1.807) is 12.1 Å². The first kappa shape index (κ1) is 10.6. The van der Waals surface area contributed by atoms with Gasteiger partial charge < -0.3 is 4.74 Å². The van der Waals surface area contributed by atoms with Gasteiger partial charge in [0.1, 0.15) is 0 Å². The molecule has 0 bridgehead atoms. The van der Waals surface area contributed by atoms with Gasteiger partial charge in [-0.15, -0.1) is 0 Å². The summed E-state index contributed by atoms with van der Waals surface area (Å²) < 4.78 is 5.25. The zero-order chi connectivity index (χ0) is 10.6. The van der Waals surface area contributed by atoms with Crippen LogP contribution in [0.3, 0.4) is 0 Å². The highest BCUT2D eigenvalue weighted by atomic mass is 79.9. The molecule has 0 saturated carbocycles. The fourth-order valence-electron chi connectivity index (χ4n) is 0.918. The third kappa shape index (κ3) is 2.25. The molecule has 0 radical (unpaired) electrons. The Kier molecular flexibility index (Phi) is 3.50. The first-order valence-corrected chi connectivity index (χ1v) is 4.41. The number of benzene rings is 1. The lowest BCUT2D eigenvalue weighted by molar-refractivity contribution is 0.0601. The van der Waals surface area contributed by atoms with Crippen LogP contribution in [0.2, 0.25) is 0 Å². The van der Waals surface area contributed by atoms with E-state index in [4.69, 9.17) is 5.53 Å². The SMILES string of the molecule is COC(=O)c1ccc(Br)cc1N=[N+]=[N-]. The third-order valence-corrected chi connectivity index (χ3v) is 2.01. The fourth-order valence-corrected chi connectivity index (χ4v) is 1.27. The van der Waals surface area contributed by atoms with Gasteiger partial charge in [0.25, 0.3) is 0 Å². The average molecular weight is 256 g/mol. The van der Waals surface area contributed by atoms with Gasteiger partial charge in [-0.25, -0.2) is 4.79 Å². The molecule has 1 aromatic carbocycles. The van der Waals surface area contributed by atoms with Crippen LogP contribution in [0.4, 0.5) is 5.69 Å². The molecule has 0 unspecified atom stereocenters. The molecule has 0 N–H and O–H groups in total. The third-order valence-electron chi connectivity index (χ3n) is 1.52. The van der Waals surface area contributed by atoms with Crippen molar-refractivity contribution in [3.8, 4) is 0 Å². The molecule has 0 atom stereocenters. The molecule has 0 fully saturated rings. The standard InChI is InChI=1S/C8H6BrN3O2/c1-14-8(13)6-3-2-5(9)4-7(6)11-12-10/h2-4H,1H3. The van der Waals surface area contributed by atoms with Gasteiger partial charge in [0.2, 0.25) is 0 Å². The van der Waals surface area contributed by atoms with Crippen molar-refractivity contribution in [1.82, 2.24) is 0 Å². The fraction of sp³-hybridized carbons (Fsp3) is 0.125. The highest BCUT2D eigenvalue weighted by Gasteiger charge is 2.10. The summed E-state index contributed by atoms with van der Waals surface area (Å²) in [6.07, 6.45) is 0. The number of azide groups is 1. The predicted octanol–water partition coefficient (Wildman–Crippen LogP) is 3.18. The zero-order valence-corrected chi connectivity index (χ0v) is 8.85. The number of esters is 1. The minimum absolute atomic E-state index is 0.244. The number of hydrogen-bond acceptors (Lipinski definition) is 3. The van der Waals surface area contributed by atoms with Gasteiger partial charge in [-0.1, -0.05) is 21.0 Å². The van der Waals surface area contributed by atoms with E-state index in [0.29, 0.717) is 0 Å². The van der Waals surface area contributed by atoms with Crippen LogP contribution >= 0.6 is 15.9 Å². The van der Waals surface area contributed by atoms with Crippen molar-refractivity contribution in [2.24, 2.45) is 5.11 Å². The summed E-state index contributed by atoms with van der Waals surface area (Å²) in [6, 6.07) is 4.74. The monoisotopic (exact) mass is 255 g/mol. The van der Waals surface area contributed by atoms with Gasteiger partial charge in [-0.2, -0.15) is 0 Å². The van der Waals surface area contributed by atoms with Crippen LogP contribution in [0.5, 0.6) is 0 Å². The van der Waals surface area contributed by atoms with Crippen molar-refractivity contribution in [1.29, 1.82) is 0 Å². The Morgan fingerprint density at radius 2 is 2.36 bits per heavy atom. The molecule has 6 heteroatoms. The lowest BCUT2D eigenvalue weighted by Crippen LogP contribution is -2.00. The van der Waals surface area contributed by atoms with Gasteiger partial charge in [0.05, 0.1) is 18.4 Å². The number of nitrogens with zero attached hydrogens (tertiary/aromatic N) is 3.